The van der Waals surface area contributed by atoms with Crippen molar-refractivity contribution in [2.24, 2.45) is 0 Å². The normalized spacial score (nSPS) is 13.9. The van der Waals surface area contributed by atoms with Gasteiger partial charge in [-0.2, -0.15) is 0 Å². The van der Waals surface area contributed by atoms with E-state index in [0.29, 0.717) is 12.3 Å². The number of benzene rings is 1. The lowest BCUT2D eigenvalue weighted by atomic mass is 10.1. The summed E-state index contributed by atoms with van der Waals surface area (Å²) >= 11 is 0. The summed E-state index contributed by atoms with van der Waals surface area (Å²) in [5.41, 5.74) is 1.83. The van der Waals surface area contributed by atoms with Crippen LogP contribution in [0.15, 0.2) is 42.7 Å². The van der Waals surface area contributed by atoms with E-state index in [2.05, 4.69) is 10.3 Å². The molecule has 3 rings (SSSR count). The maximum absolute atomic E-state index is 12.6. The van der Waals surface area contributed by atoms with Gasteiger partial charge in [0, 0.05) is 18.9 Å². The Hall–Kier alpha value is -2.60. The third kappa shape index (κ3) is 3.43. The van der Waals surface area contributed by atoms with E-state index in [0.717, 1.165) is 16.9 Å². The number of ether oxygens (including phenoxy) is 2. The number of amides is 1. The summed E-state index contributed by atoms with van der Waals surface area (Å²) in [6.07, 6.45) is 3.41. The molecule has 0 fully saturated rings. The molecule has 1 aromatic carbocycles. The Balaban J connectivity index is 1.68. The van der Waals surface area contributed by atoms with E-state index in [1.54, 1.807) is 12.4 Å². The van der Waals surface area contributed by atoms with Crippen LogP contribution in [0.1, 0.15) is 17.2 Å². The van der Waals surface area contributed by atoms with Crippen LogP contribution in [0, 0.1) is 0 Å². The summed E-state index contributed by atoms with van der Waals surface area (Å²) in [4.78, 5) is 18.5. The van der Waals surface area contributed by atoms with Gasteiger partial charge in [-0.3, -0.25) is 14.7 Å². The predicted octanol–water partition coefficient (Wildman–Crippen LogP) is 1.73. The average Bonchev–Trinajstić information content (AvgIpc) is 3.01. The zero-order chi connectivity index (χ0) is 16.2. The van der Waals surface area contributed by atoms with E-state index in [1.165, 1.54) is 0 Å². The summed E-state index contributed by atoms with van der Waals surface area (Å²) in [7, 11) is 3.75. The molecule has 1 N–H and O–H groups in total. The van der Waals surface area contributed by atoms with E-state index in [1.807, 2.05) is 49.3 Å². The van der Waals surface area contributed by atoms with E-state index in [-0.39, 0.29) is 18.7 Å². The maximum atomic E-state index is 12.6. The number of aromatic nitrogens is 1. The zero-order valence-corrected chi connectivity index (χ0v) is 13.2. The zero-order valence-electron chi connectivity index (χ0n) is 13.2. The number of pyridine rings is 1. The number of fused-ring (bicyclic) bond motifs is 1. The lowest BCUT2D eigenvalue weighted by Gasteiger charge is -2.23. The molecular formula is C17H19N3O3. The molecule has 2 aromatic rings. The van der Waals surface area contributed by atoms with Crippen molar-refractivity contribution in [3.63, 3.8) is 0 Å². The van der Waals surface area contributed by atoms with Crippen molar-refractivity contribution in [2.45, 2.75) is 12.6 Å². The second kappa shape index (κ2) is 6.66. The van der Waals surface area contributed by atoms with Gasteiger partial charge in [-0.15, -0.1) is 0 Å². The molecular weight excluding hydrogens is 294 g/mol. The number of likely N-dealkylation sites (N-methyl/N-ethyl adjacent to an activating group) is 1. The largest absolute Gasteiger partial charge is 0.454 e. The molecule has 2 heterocycles. The van der Waals surface area contributed by atoms with Crippen molar-refractivity contribution >= 4 is 5.91 Å². The van der Waals surface area contributed by atoms with Gasteiger partial charge >= 0.3 is 0 Å². The molecule has 1 atom stereocenters. The van der Waals surface area contributed by atoms with Crippen LogP contribution in [-0.2, 0) is 11.3 Å². The minimum Gasteiger partial charge on any atom is -0.454 e. The fraction of sp³-hybridized carbons (Fsp3) is 0.294. The van der Waals surface area contributed by atoms with Gasteiger partial charge in [-0.25, -0.2) is 0 Å². The van der Waals surface area contributed by atoms with Crippen molar-refractivity contribution in [2.75, 3.05) is 20.9 Å². The number of hydrogen-bond acceptors (Lipinski definition) is 5. The van der Waals surface area contributed by atoms with Crippen molar-refractivity contribution in [3.8, 4) is 11.5 Å². The van der Waals surface area contributed by atoms with Crippen LogP contribution in [-0.4, -0.2) is 36.7 Å². The Morgan fingerprint density at radius 1 is 1.30 bits per heavy atom. The molecule has 0 saturated carbocycles. The number of carbonyl (C=O) groups is 1. The molecule has 1 aliphatic heterocycles. The molecule has 120 valence electrons. The van der Waals surface area contributed by atoms with Gasteiger partial charge in [0.2, 0.25) is 12.7 Å². The molecule has 0 aliphatic carbocycles. The van der Waals surface area contributed by atoms with Gasteiger partial charge in [0.1, 0.15) is 6.04 Å². The highest BCUT2D eigenvalue weighted by Crippen LogP contribution is 2.32. The summed E-state index contributed by atoms with van der Waals surface area (Å²) in [6.45, 7) is 0.676. The molecule has 6 heteroatoms. The number of rotatable bonds is 5. The second-order valence-corrected chi connectivity index (χ2v) is 5.56. The SMILES string of the molecule is CN(C)C(C(=O)NCc1ccc2c(c1)OCO2)c1cccnc1. The first-order valence-corrected chi connectivity index (χ1v) is 7.38. The number of carbonyl (C=O) groups excluding carboxylic acids is 1. The van der Waals surface area contributed by atoms with Crippen LogP contribution in [0.3, 0.4) is 0 Å². The second-order valence-electron chi connectivity index (χ2n) is 5.56. The molecule has 1 aliphatic rings. The van der Waals surface area contributed by atoms with Crippen molar-refractivity contribution in [1.82, 2.24) is 15.2 Å². The molecule has 1 unspecified atom stereocenters. The van der Waals surface area contributed by atoms with Gasteiger partial charge in [0.05, 0.1) is 0 Å². The first kappa shape index (κ1) is 15.3. The smallest absolute Gasteiger partial charge is 0.242 e. The quantitative estimate of drug-likeness (QED) is 0.911. The van der Waals surface area contributed by atoms with Gasteiger partial charge < -0.3 is 14.8 Å². The fourth-order valence-electron chi connectivity index (χ4n) is 2.56. The number of nitrogens with one attached hydrogen (secondary N) is 1. The van der Waals surface area contributed by atoms with Crippen LogP contribution < -0.4 is 14.8 Å². The van der Waals surface area contributed by atoms with Crippen molar-refractivity contribution in [1.29, 1.82) is 0 Å². The molecule has 0 bridgehead atoms. The molecule has 0 radical (unpaired) electrons. The van der Waals surface area contributed by atoms with Crippen LogP contribution in [0.5, 0.6) is 11.5 Å². The van der Waals surface area contributed by atoms with E-state index < -0.39 is 0 Å². The summed E-state index contributed by atoms with van der Waals surface area (Å²) in [6, 6.07) is 9.01. The first-order chi connectivity index (χ1) is 11.1. The Bertz CT molecular complexity index is 689. The summed E-state index contributed by atoms with van der Waals surface area (Å²) in [5.74, 6) is 1.38. The average molecular weight is 313 g/mol. The Kier molecular flexibility index (Phi) is 4.43. The molecule has 23 heavy (non-hydrogen) atoms. The van der Waals surface area contributed by atoms with Crippen LogP contribution >= 0.6 is 0 Å². The van der Waals surface area contributed by atoms with E-state index in [9.17, 15) is 4.79 Å². The van der Waals surface area contributed by atoms with Gasteiger partial charge in [-0.1, -0.05) is 12.1 Å². The van der Waals surface area contributed by atoms with Crippen molar-refractivity contribution in [3.05, 3.63) is 53.9 Å². The fourth-order valence-corrected chi connectivity index (χ4v) is 2.56. The third-order valence-electron chi connectivity index (χ3n) is 3.67. The molecule has 1 aromatic heterocycles. The van der Waals surface area contributed by atoms with E-state index in [4.69, 9.17) is 9.47 Å². The molecule has 6 nitrogen and oxygen atoms in total. The molecule has 0 saturated heterocycles. The Morgan fingerprint density at radius 2 is 2.13 bits per heavy atom. The number of hydrogen-bond donors (Lipinski definition) is 1. The van der Waals surface area contributed by atoms with Crippen LogP contribution in [0.25, 0.3) is 0 Å². The third-order valence-corrected chi connectivity index (χ3v) is 3.67. The topological polar surface area (TPSA) is 63.7 Å². The van der Waals surface area contributed by atoms with Gasteiger partial charge in [-0.05, 0) is 43.4 Å². The predicted molar refractivity (Wildman–Crippen MR) is 85.1 cm³/mol. The lowest BCUT2D eigenvalue weighted by Crippen LogP contribution is -2.36. The van der Waals surface area contributed by atoms with E-state index >= 15 is 0 Å². The minimum atomic E-state index is -0.377. The first-order valence-electron chi connectivity index (χ1n) is 7.38. The molecule has 0 spiro atoms. The highest BCUT2D eigenvalue weighted by Gasteiger charge is 2.23. The lowest BCUT2D eigenvalue weighted by molar-refractivity contribution is -0.125. The number of nitrogens with zero attached hydrogens (tertiary/aromatic N) is 2. The van der Waals surface area contributed by atoms with Gasteiger partial charge in [0.15, 0.2) is 11.5 Å². The minimum absolute atomic E-state index is 0.0688. The van der Waals surface area contributed by atoms with Crippen LogP contribution in [0.4, 0.5) is 0 Å². The standard InChI is InChI=1S/C17H19N3O3/c1-20(2)16(13-4-3-7-18-10-13)17(21)19-9-12-5-6-14-15(8-12)23-11-22-14/h3-8,10,16H,9,11H2,1-2H3,(H,19,21). The highest BCUT2D eigenvalue weighted by atomic mass is 16.7. The van der Waals surface area contributed by atoms with Crippen molar-refractivity contribution < 1.29 is 14.3 Å². The monoisotopic (exact) mass is 313 g/mol. The summed E-state index contributed by atoms with van der Waals surface area (Å²) < 4.78 is 10.6. The van der Waals surface area contributed by atoms with Crippen LogP contribution in [0.2, 0.25) is 0 Å². The van der Waals surface area contributed by atoms with Gasteiger partial charge in [0.25, 0.3) is 0 Å². The Morgan fingerprint density at radius 3 is 2.87 bits per heavy atom. The Labute approximate surface area is 135 Å². The highest BCUT2D eigenvalue weighted by molar-refractivity contribution is 5.83. The maximum Gasteiger partial charge on any atom is 0.242 e. The summed E-state index contributed by atoms with van der Waals surface area (Å²) in [5, 5.41) is 2.97. The molecule has 1 amide bonds.